The van der Waals surface area contributed by atoms with E-state index in [1.165, 1.54) is 18.9 Å². The predicted octanol–water partition coefficient (Wildman–Crippen LogP) is 2.34. The van der Waals surface area contributed by atoms with E-state index in [9.17, 15) is 0 Å². The third-order valence-electron chi connectivity index (χ3n) is 1.43. The van der Waals surface area contributed by atoms with Crippen LogP contribution in [0.2, 0.25) is 19.1 Å². The van der Waals surface area contributed by atoms with Gasteiger partial charge in [-0.05, 0) is 23.4 Å². The lowest BCUT2D eigenvalue weighted by molar-refractivity contribution is 0.807. The van der Waals surface area contributed by atoms with Gasteiger partial charge in [0.1, 0.15) is 7.38 Å². The molecular weight excluding hydrogens is 188 g/mol. The fourth-order valence-corrected chi connectivity index (χ4v) is 2.33. The number of hydrogen-bond acceptors (Lipinski definition) is 0. The van der Waals surface area contributed by atoms with Crippen LogP contribution in [0, 0.1) is 0 Å². The maximum Gasteiger partial charge on any atom is 0.150 e. The van der Waals surface area contributed by atoms with Gasteiger partial charge in [-0.2, -0.15) is 11.1 Å². The second-order valence-corrected chi connectivity index (χ2v) is 10.3. The van der Waals surface area contributed by atoms with Crippen molar-refractivity contribution in [3.8, 4) is 0 Å². The Balaban J connectivity index is 0. The summed E-state index contributed by atoms with van der Waals surface area (Å²) in [5.74, 6) is 0. The van der Waals surface area contributed by atoms with E-state index in [1.807, 2.05) is 6.08 Å². The van der Waals surface area contributed by atoms with Crippen molar-refractivity contribution in [3.05, 3.63) is 12.7 Å². The Kier molecular flexibility index (Phi) is 9.09. The van der Waals surface area contributed by atoms with Crippen molar-refractivity contribution >= 4 is 29.4 Å². The number of halogens is 1. The third kappa shape index (κ3) is 13.5. The van der Waals surface area contributed by atoms with Crippen molar-refractivity contribution in [2.75, 3.05) is 0 Å². The van der Waals surface area contributed by atoms with Crippen LogP contribution in [0.15, 0.2) is 12.7 Å². The SMILES string of the molecule is C=CCCCC[Si](C)(C)Cl.[SiH4]. The highest BCUT2D eigenvalue weighted by atomic mass is 35.6. The molecule has 0 bridgehead atoms. The molecule has 0 atom stereocenters. The lowest BCUT2D eigenvalue weighted by Gasteiger charge is -2.10. The molecule has 0 N–H and O–H groups in total. The maximum absolute atomic E-state index is 6.13. The molecule has 0 unspecified atom stereocenters. The number of rotatable bonds is 5. The van der Waals surface area contributed by atoms with Gasteiger partial charge in [0.15, 0.2) is 0 Å². The van der Waals surface area contributed by atoms with Crippen LogP contribution in [0.25, 0.3) is 0 Å². The zero-order valence-corrected chi connectivity index (χ0v) is 8.75. The van der Waals surface area contributed by atoms with E-state index in [0.717, 1.165) is 6.42 Å². The van der Waals surface area contributed by atoms with Crippen molar-refractivity contribution in [2.45, 2.75) is 38.4 Å². The minimum Gasteiger partial charge on any atom is -0.168 e. The van der Waals surface area contributed by atoms with Gasteiger partial charge in [0.2, 0.25) is 0 Å². The number of hydrogen-bond donors (Lipinski definition) is 0. The highest BCUT2D eigenvalue weighted by molar-refractivity contribution is 7.19. The molecule has 3 heteroatoms. The molecule has 0 radical (unpaired) electrons. The van der Waals surface area contributed by atoms with Gasteiger partial charge in [0.25, 0.3) is 0 Å². The van der Waals surface area contributed by atoms with Crippen LogP contribution in [0.3, 0.4) is 0 Å². The normalized spacial score (nSPS) is 10.5. The first-order valence-corrected chi connectivity index (χ1v) is 8.08. The van der Waals surface area contributed by atoms with Gasteiger partial charge in [0, 0.05) is 0 Å². The van der Waals surface area contributed by atoms with E-state index in [1.54, 1.807) is 0 Å². The van der Waals surface area contributed by atoms with E-state index >= 15 is 0 Å². The van der Waals surface area contributed by atoms with E-state index in [2.05, 4.69) is 19.7 Å². The van der Waals surface area contributed by atoms with Crippen molar-refractivity contribution < 1.29 is 0 Å². The Labute approximate surface area is 80.8 Å². The maximum atomic E-state index is 6.13. The van der Waals surface area contributed by atoms with Crippen LogP contribution < -0.4 is 0 Å². The third-order valence-corrected chi connectivity index (χ3v) is 3.54. The fraction of sp³-hybridized carbons (Fsp3) is 0.750. The van der Waals surface area contributed by atoms with Crippen LogP contribution in [-0.2, 0) is 0 Å². The molecule has 68 valence electrons. The quantitative estimate of drug-likeness (QED) is 0.282. The Hall–Kier alpha value is 0.464. The van der Waals surface area contributed by atoms with Gasteiger partial charge in [-0.3, -0.25) is 0 Å². The van der Waals surface area contributed by atoms with Gasteiger partial charge < -0.3 is 0 Å². The second-order valence-electron chi connectivity index (χ2n) is 3.25. The summed E-state index contributed by atoms with van der Waals surface area (Å²) in [6.07, 6.45) is 5.64. The van der Waals surface area contributed by atoms with E-state index in [0.29, 0.717) is 0 Å². The largest absolute Gasteiger partial charge is 0.168 e. The molecule has 0 aromatic rings. The highest BCUT2D eigenvalue weighted by Gasteiger charge is 2.14. The molecule has 0 aliphatic heterocycles. The predicted molar refractivity (Wildman–Crippen MR) is 63.5 cm³/mol. The summed E-state index contributed by atoms with van der Waals surface area (Å²) in [6.45, 7) is 8.07. The molecule has 0 heterocycles. The molecular formula is C8H21ClSi2. The monoisotopic (exact) mass is 208 g/mol. The molecule has 0 rings (SSSR count). The van der Waals surface area contributed by atoms with Crippen LogP contribution in [-0.4, -0.2) is 18.3 Å². The van der Waals surface area contributed by atoms with Crippen molar-refractivity contribution in [2.24, 2.45) is 0 Å². The minimum atomic E-state index is -1.27. The molecule has 0 aliphatic rings. The van der Waals surface area contributed by atoms with Crippen molar-refractivity contribution in [3.63, 3.8) is 0 Å². The van der Waals surface area contributed by atoms with Crippen molar-refractivity contribution in [1.29, 1.82) is 0 Å². The Morgan fingerprint density at radius 1 is 1.36 bits per heavy atom. The fourth-order valence-electron chi connectivity index (χ4n) is 0.834. The summed E-state index contributed by atoms with van der Waals surface area (Å²) < 4.78 is 0. The average molecular weight is 209 g/mol. The van der Waals surface area contributed by atoms with Crippen LogP contribution >= 0.6 is 11.1 Å². The molecule has 0 aromatic carbocycles. The van der Waals surface area contributed by atoms with Crippen LogP contribution in [0.4, 0.5) is 0 Å². The molecule has 0 aliphatic carbocycles. The van der Waals surface area contributed by atoms with E-state index < -0.39 is 7.38 Å². The summed E-state index contributed by atoms with van der Waals surface area (Å²) >= 11 is 6.13. The summed E-state index contributed by atoms with van der Waals surface area (Å²) in [6, 6.07) is 1.24. The average Bonchev–Trinajstić information content (AvgIpc) is 1.78. The van der Waals surface area contributed by atoms with E-state index in [-0.39, 0.29) is 11.0 Å². The van der Waals surface area contributed by atoms with Crippen molar-refractivity contribution in [1.82, 2.24) is 0 Å². The molecule has 0 aromatic heterocycles. The Morgan fingerprint density at radius 2 is 1.91 bits per heavy atom. The summed E-state index contributed by atoms with van der Waals surface area (Å²) in [4.78, 5) is 0. The standard InChI is InChI=1S/C8H17ClSi.H4Si/c1-4-5-6-7-8-10(2,3)9;/h4H,1,5-8H2,2-3H3;1H4. The van der Waals surface area contributed by atoms with Gasteiger partial charge in [-0.1, -0.05) is 32.0 Å². The van der Waals surface area contributed by atoms with Gasteiger partial charge in [-0.15, -0.1) is 6.58 Å². The van der Waals surface area contributed by atoms with Gasteiger partial charge in [-0.25, -0.2) is 0 Å². The van der Waals surface area contributed by atoms with Gasteiger partial charge in [0.05, 0.1) is 0 Å². The van der Waals surface area contributed by atoms with Crippen LogP contribution in [0.5, 0.6) is 0 Å². The molecule has 0 nitrogen and oxygen atoms in total. The highest BCUT2D eigenvalue weighted by Crippen LogP contribution is 2.17. The summed E-state index contributed by atoms with van der Waals surface area (Å²) in [7, 11) is -1.27. The lowest BCUT2D eigenvalue weighted by atomic mass is 10.2. The first kappa shape index (κ1) is 14.0. The zero-order valence-electron chi connectivity index (χ0n) is 6.99. The Morgan fingerprint density at radius 3 is 2.27 bits per heavy atom. The summed E-state index contributed by atoms with van der Waals surface area (Å²) in [5.41, 5.74) is 0. The molecule has 0 saturated carbocycles. The topological polar surface area (TPSA) is 0 Å². The zero-order chi connectivity index (χ0) is 8.04. The smallest absolute Gasteiger partial charge is 0.150 e. The summed E-state index contributed by atoms with van der Waals surface area (Å²) in [5, 5.41) is 0. The molecule has 11 heavy (non-hydrogen) atoms. The van der Waals surface area contributed by atoms with Crippen LogP contribution in [0.1, 0.15) is 19.3 Å². The van der Waals surface area contributed by atoms with E-state index in [4.69, 9.17) is 11.1 Å². The molecule has 0 fully saturated rings. The van der Waals surface area contributed by atoms with Gasteiger partial charge >= 0.3 is 0 Å². The number of allylic oxidation sites excluding steroid dienone is 1. The molecule has 0 spiro atoms. The lowest BCUT2D eigenvalue weighted by Crippen LogP contribution is -2.14. The number of unbranched alkanes of at least 4 members (excludes halogenated alkanes) is 2. The minimum absolute atomic E-state index is 0. The first-order chi connectivity index (χ1) is 4.56. The second kappa shape index (κ2) is 7.13. The first-order valence-electron chi connectivity index (χ1n) is 3.86. The molecule has 0 saturated heterocycles. The molecule has 0 amide bonds. The Bertz CT molecular complexity index is 96.8.